The zero-order valence-corrected chi connectivity index (χ0v) is 16.5. The molecule has 2 aliphatic carbocycles. The molecule has 4 nitrogen and oxygen atoms in total. The van der Waals surface area contributed by atoms with E-state index in [2.05, 4.69) is 9.80 Å². The van der Waals surface area contributed by atoms with E-state index in [0.29, 0.717) is 5.91 Å². The largest absolute Gasteiger partial charge is 0.341 e. The molecule has 1 amide bonds. The molecule has 0 aromatic carbocycles. The van der Waals surface area contributed by atoms with Crippen molar-refractivity contribution in [3.8, 4) is 0 Å². The predicted octanol–water partition coefficient (Wildman–Crippen LogP) is 3.07. The van der Waals surface area contributed by atoms with Crippen LogP contribution in [-0.4, -0.2) is 54.5 Å². The first-order chi connectivity index (χ1) is 10.7. The third kappa shape index (κ3) is 6.05. The summed E-state index contributed by atoms with van der Waals surface area (Å²) in [7, 11) is 0. The normalized spacial score (nSPS) is 29.5. The van der Waals surface area contributed by atoms with Crippen molar-refractivity contribution in [2.45, 2.75) is 63.8 Å². The van der Waals surface area contributed by atoms with Crippen LogP contribution in [0.4, 0.5) is 0 Å². The first-order valence-corrected chi connectivity index (χ1v) is 9.49. The highest BCUT2D eigenvalue weighted by Gasteiger charge is 2.31. The standard InChI is InChI=1S/C18H33N3O.2ClH/c19-17-8-7-16(13-17)18(22)21-10-4-9-20(11-12-21)14-15-5-2-1-3-6-15;;/h15-17H,1-14,19H2;2*1H. The molecule has 0 aromatic rings. The summed E-state index contributed by atoms with van der Waals surface area (Å²) < 4.78 is 0. The molecule has 3 rings (SSSR count). The summed E-state index contributed by atoms with van der Waals surface area (Å²) in [5.41, 5.74) is 5.97. The predicted molar refractivity (Wildman–Crippen MR) is 104 cm³/mol. The smallest absolute Gasteiger partial charge is 0.225 e. The van der Waals surface area contributed by atoms with Gasteiger partial charge in [0.1, 0.15) is 0 Å². The Balaban J connectivity index is 0.00000144. The van der Waals surface area contributed by atoms with Crippen LogP contribution in [0, 0.1) is 11.8 Å². The molecule has 0 bridgehead atoms. The van der Waals surface area contributed by atoms with Crippen molar-refractivity contribution in [3.05, 3.63) is 0 Å². The maximum Gasteiger partial charge on any atom is 0.225 e. The zero-order chi connectivity index (χ0) is 15.4. The Morgan fingerprint density at radius 3 is 2.29 bits per heavy atom. The van der Waals surface area contributed by atoms with E-state index >= 15 is 0 Å². The molecular formula is C18H35Cl2N3O. The second-order valence-corrected chi connectivity index (χ2v) is 7.75. The van der Waals surface area contributed by atoms with E-state index in [9.17, 15) is 4.79 Å². The number of carbonyl (C=O) groups excluding carboxylic acids is 1. The van der Waals surface area contributed by atoms with Gasteiger partial charge in [-0.15, -0.1) is 24.8 Å². The Bertz CT molecular complexity index is 377. The van der Waals surface area contributed by atoms with Gasteiger partial charge in [-0.1, -0.05) is 19.3 Å². The molecule has 1 heterocycles. The summed E-state index contributed by atoms with van der Waals surface area (Å²) in [5, 5.41) is 0. The lowest BCUT2D eigenvalue weighted by molar-refractivity contribution is -0.135. The molecule has 3 fully saturated rings. The van der Waals surface area contributed by atoms with Crippen LogP contribution in [0.3, 0.4) is 0 Å². The highest BCUT2D eigenvalue weighted by Crippen LogP contribution is 2.27. The number of nitrogens with zero attached hydrogens (tertiary/aromatic N) is 2. The number of rotatable bonds is 3. The first-order valence-electron chi connectivity index (χ1n) is 9.49. The number of halogens is 2. The van der Waals surface area contributed by atoms with Gasteiger partial charge in [0.05, 0.1) is 0 Å². The van der Waals surface area contributed by atoms with Crippen molar-refractivity contribution in [2.24, 2.45) is 17.6 Å². The van der Waals surface area contributed by atoms with Crippen LogP contribution in [0.15, 0.2) is 0 Å². The molecular weight excluding hydrogens is 345 g/mol. The monoisotopic (exact) mass is 379 g/mol. The van der Waals surface area contributed by atoms with Gasteiger partial charge in [0, 0.05) is 38.1 Å². The summed E-state index contributed by atoms with van der Waals surface area (Å²) in [6.45, 7) is 5.38. The van der Waals surface area contributed by atoms with Crippen LogP contribution in [0.1, 0.15) is 57.8 Å². The molecule has 24 heavy (non-hydrogen) atoms. The fourth-order valence-corrected chi connectivity index (χ4v) is 4.61. The molecule has 0 spiro atoms. The van der Waals surface area contributed by atoms with E-state index in [4.69, 9.17) is 5.73 Å². The van der Waals surface area contributed by atoms with E-state index < -0.39 is 0 Å². The minimum atomic E-state index is 0. The second kappa shape index (κ2) is 10.8. The molecule has 2 atom stereocenters. The summed E-state index contributed by atoms with van der Waals surface area (Å²) in [6, 6.07) is 0.253. The van der Waals surface area contributed by atoms with E-state index in [1.165, 1.54) is 45.2 Å². The van der Waals surface area contributed by atoms with E-state index in [0.717, 1.165) is 51.2 Å². The van der Waals surface area contributed by atoms with Gasteiger partial charge in [-0.3, -0.25) is 4.79 Å². The molecule has 142 valence electrons. The molecule has 6 heteroatoms. The molecule has 0 aromatic heterocycles. The van der Waals surface area contributed by atoms with Gasteiger partial charge in [-0.05, 0) is 51.0 Å². The lowest BCUT2D eigenvalue weighted by Crippen LogP contribution is -2.39. The van der Waals surface area contributed by atoms with Crippen molar-refractivity contribution in [2.75, 3.05) is 32.7 Å². The number of nitrogens with two attached hydrogens (primary N) is 1. The van der Waals surface area contributed by atoms with Gasteiger partial charge in [-0.2, -0.15) is 0 Å². The number of carbonyl (C=O) groups is 1. The fraction of sp³-hybridized carbons (Fsp3) is 0.944. The maximum absolute atomic E-state index is 12.6. The topological polar surface area (TPSA) is 49.6 Å². The Kier molecular flexibility index (Phi) is 9.95. The number of hydrogen-bond donors (Lipinski definition) is 1. The van der Waals surface area contributed by atoms with Crippen molar-refractivity contribution >= 4 is 30.7 Å². The minimum absolute atomic E-state index is 0. The Morgan fingerprint density at radius 1 is 0.875 bits per heavy atom. The van der Waals surface area contributed by atoms with Crippen molar-refractivity contribution in [1.82, 2.24) is 9.80 Å². The van der Waals surface area contributed by atoms with Crippen molar-refractivity contribution in [1.29, 1.82) is 0 Å². The van der Waals surface area contributed by atoms with Crippen LogP contribution in [0.2, 0.25) is 0 Å². The highest BCUT2D eigenvalue weighted by atomic mass is 35.5. The molecule has 1 saturated heterocycles. The van der Waals surface area contributed by atoms with Gasteiger partial charge in [0.25, 0.3) is 0 Å². The van der Waals surface area contributed by atoms with E-state index in [1.807, 2.05) is 0 Å². The highest BCUT2D eigenvalue weighted by molar-refractivity contribution is 5.85. The van der Waals surface area contributed by atoms with Gasteiger partial charge in [0.15, 0.2) is 0 Å². The average molecular weight is 380 g/mol. The molecule has 1 aliphatic heterocycles. The van der Waals surface area contributed by atoms with Crippen LogP contribution < -0.4 is 5.73 Å². The summed E-state index contributed by atoms with van der Waals surface area (Å²) in [6.07, 6.45) is 11.2. The number of amides is 1. The molecule has 3 aliphatic rings. The molecule has 2 N–H and O–H groups in total. The van der Waals surface area contributed by atoms with Gasteiger partial charge < -0.3 is 15.5 Å². The van der Waals surface area contributed by atoms with Gasteiger partial charge >= 0.3 is 0 Å². The molecule has 2 unspecified atom stereocenters. The SMILES string of the molecule is Cl.Cl.NC1CCC(C(=O)N2CCCN(CC3CCCCC3)CC2)C1. The fourth-order valence-electron chi connectivity index (χ4n) is 4.61. The molecule has 0 radical (unpaired) electrons. The van der Waals surface area contributed by atoms with Gasteiger partial charge in [0.2, 0.25) is 5.91 Å². The number of hydrogen-bond acceptors (Lipinski definition) is 3. The zero-order valence-electron chi connectivity index (χ0n) is 14.8. The van der Waals surface area contributed by atoms with Crippen LogP contribution >= 0.6 is 24.8 Å². The van der Waals surface area contributed by atoms with E-state index in [1.54, 1.807) is 0 Å². The Labute approximate surface area is 159 Å². The van der Waals surface area contributed by atoms with Crippen molar-refractivity contribution in [3.63, 3.8) is 0 Å². The minimum Gasteiger partial charge on any atom is -0.341 e. The third-order valence-corrected chi connectivity index (χ3v) is 5.96. The Morgan fingerprint density at radius 2 is 1.62 bits per heavy atom. The lowest BCUT2D eigenvalue weighted by Gasteiger charge is -2.29. The second-order valence-electron chi connectivity index (χ2n) is 7.75. The lowest BCUT2D eigenvalue weighted by atomic mass is 9.89. The van der Waals surface area contributed by atoms with E-state index in [-0.39, 0.29) is 36.8 Å². The summed E-state index contributed by atoms with van der Waals surface area (Å²) >= 11 is 0. The first kappa shape index (κ1) is 22.0. The van der Waals surface area contributed by atoms with Crippen LogP contribution in [0.25, 0.3) is 0 Å². The van der Waals surface area contributed by atoms with Crippen molar-refractivity contribution < 1.29 is 4.79 Å². The quantitative estimate of drug-likeness (QED) is 0.819. The van der Waals surface area contributed by atoms with Crippen LogP contribution in [-0.2, 0) is 4.79 Å². The Hall–Kier alpha value is -0.0300. The third-order valence-electron chi connectivity index (χ3n) is 5.96. The molecule has 2 saturated carbocycles. The summed E-state index contributed by atoms with van der Waals surface area (Å²) in [5.74, 6) is 1.50. The van der Waals surface area contributed by atoms with Crippen LogP contribution in [0.5, 0.6) is 0 Å². The average Bonchev–Trinajstić information content (AvgIpc) is 2.83. The summed E-state index contributed by atoms with van der Waals surface area (Å²) in [4.78, 5) is 17.4. The van der Waals surface area contributed by atoms with Gasteiger partial charge in [-0.25, -0.2) is 0 Å². The maximum atomic E-state index is 12.6.